The highest BCUT2D eigenvalue weighted by atomic mass is 14.2. The van der Waals surface area contributed by atoms with Crippen molar-refractivity contribution in [3.8, 4) is 0 Å². The Bertz CT molecular complexity index is 429. The van der Waals surface area contributed by atoms with E-state index >= 15 is 0 Å². The Kier molecular flexibility index (Phi) is 5.40. The van der Waals surface area contributed by atoms with E-state index in [0.717, 1.165) is 0 Å². The van der Waals surface area contributed by atoms with Crippen molar-refractivity contribution in [3.05, 3.63) is 40.5 Å². The van der Waals surface area contributed by atoms with Crippen LogP contribution in [0.5, 0.6) is 0 Å². The third-order valence-electron chi connectivity index (χ3n) is 3.76. The van der Waals surface area contributed by atoms with Gasteiger partial charge < -0.3 is 0 Å². The van der Waals surface area contributed by atoms with E-state index in [1.807, 2.05) is 0 Å². The molecular weight excluding hydrogens is 228 g/mol. The highest BCUT2D eigenvalue weighted by molar-refractivity contribution is 5.75. The standard InChI is InChI=1S/C19H30/c1-12(2)16-10-9-11-17(13(3)4)19(16)18(14(5)6)15(7)8/h9-14H,1-8H3. The van der Waals surface area contributed by atoms with Gasteiger partial charge >= 0.3 is 0 Å². The molecule has 0 atom stereocenters. The van der Waals surface area contributed by atoms with Crippen molar-refractivity contribution in [2.24, 2.45) is 5.92 Å². The maximum absolute atomic E-state index is 2.31. The van der Waals surface area contributed by atoms with Crippen LogP contribution in [-0.4, -0.2) is 0 Å². The first-order chi connectivity index (χ1) is 8.77. The zero-order chi connectivity index (χ0) is 14.7. The number of rotatable bonds is 4. The van der Waals surface area contributed by atoms with E-state index in [9.17, 15) is 0 Å². The van der Waals surface area contributed by atoms with Crippen LogP contribution in [-0.2, 0) is 0 Å². The molecule has 1 aromatic rings. The third-order valence-corrected chi connectivity index (χ3v) is 3.76. The summed E-state index contributed by atoms with van der Waals surface area (Å²) in [7, 11) is 0. The summed E-state index contributed by atoms with van der Waals surface area (Å²) in [6, 6.07) is 6.82. The minimum Gasteiger partial charge on any atom is -0.0724 e. The van der Waals surface area contributed by atoms with Gasteiger partial charge in [0.1, 0.15) is 0 Å². The van der Waals surface area contributed by atoms with E-state index in [4.69, 9.17) is 0 Å². The zero-order valence-electron chi connectivity index (χ0n) is 14.0. The van der Waals surface area contributed by atoms with Crippen LogP contribution in [0.1, 0.15) is 83.9 Å². The van der Waals surface area contributed by atoms with Crippen LogP contribution in [0.3, 0.4) is 0 Å². The summed E-state index contributed by atoms with van der Waals surface area (Å²) in [5, 5.41) is 0. The van der Waals surface area contributed by atoms with Gasteiger partial charge in [-0.05, 0) is 53.9 Å². The molecule has 106 valence electrons. The Hall–Kier alpha value is -1.04. The van der Waals surface area contributed by atoms with Gasteiger partial charge in [-0.2, -0.15) is 0 Å². The van der Waals surface area contributed by atoms with Gasteiger partial charge in [-0.3, -0.25) is 0 Å². The van der Waals surface area contributed by atoms with E-state index < -0.39 is 0 Å². The Labute approximate surface area is 119 Å². The molecule has 0 amide bonds. The molecule has 0 aliphatic heterocycles. The van der Waals surface area contributed by atoms with Gasteiger partial charge in [0, 0.05) is 0 Å². The number of hydrogen-bond acceptors (Lipinski definition) is 0. The summed E-state index contributed by atoms with van der Waals surface area (Å²) in [5.41, 5.74) is 7.49. The van der Waals surface area contributed by atoms with Gasteiger partial charge in [-0.15, -0.1) is 0 Å². The molecule has 0 spiro atoms. The summed E-state index contributed by atoms with van der Waals surface area (Å²) in [4.78, 5) is 0. The second-order valence-corrected chi connectivity index (χ2v) is 6.69. The molecule has 0 saturated carbocycles. The molecule has 1 rings (SSSR count). The average molecular weight is 258 g/mol. The van der Waals surface area contributed by atoms with Crippen molar-refractivity contribution in [2.75, 3.05) is 0 Å². The van der Waals surface area contributed by atoms with Gasteiger partial charge in [0.05, 0.1) is 0 Å². The monoisotopic (exact) mass is 258 g/mol. The first kappa shape index (κ1) is 16.0. The van der Waals surface area contributed by atoms with Crippen molar-refractivity contribution in [1.82, 2.24) is 0 Å². The summed E-state index contributed by atoms with van der Waals surface area (Å²) in [5.74, 6) is 1.71. The Morgan fingerprint density at radius 2 is 1.21 bits per heavy atom. The Morgan fingerprint density at radius 3 is 1.47 bits per heavy atom. The molecule has 0 heteroatoms. The molecular formula is C19H30. The zero-order valence-corrected chi connectivity index (χ0v) is 14.0. The number of allylic oxidation sites excluding steroid dienone is 2. The molecule has 19 heavy (non-hydrogen) atoms. The predicted molar refractivity (Wildman–Crippen MR) is 87.7 cm³/mol. The highest BCUT2D eigenvalue weighted by Gasteiger charge is 2.19. The lowest BCUT2D eigenvalue weighted by molar-refractivity contribution is 0.797. The van der Waals surface area contributed by atoms with E-state index in [0.29, 0.717) is 17.8 Å². The highest BCUT2D eigenvalue weighted by Crippen LogP contribution is 2.37. The SMILES string of the molecule is CC(C)=C(c1c(C(C)C)cccc1C(C)C)C(C)C. The summed E-state index contributed by atoms with van der Waals surface area (Å²) < 4.78 is 0. The minimum atomic E-state index is 0.571. The van der Waals surface area contributed by atoms with Crippen LogP contribution in [0.15, 0.2) is 23.8 Å². The fourth-order valence-corrected chi connectivity index (χ4v) is 2.98. The molecule has 0 heterocycles. The topological polar surface area (TPSA) is 0 Å². The van der Waals surface area contributed by atoms with Crippen LogP contribution >= 0.6 is 0 Å². The van der Waals surface area contributed by atoms with E-state index in [1.54, 1.807) is 0 Å². The van der Waals surface area contributed by atoms with Crippen molar-refractivity contribution in [2.45, 2.75) is 67.2 Å². The van der Waals surface area contributed by atoms with Gasteiger partial charge in [0.15, 0.2) is 0 Å². The Morgan fingerprint density at radius 1 is 0.789 bits per heavy atom. The van der Waals surface area contributed by atoms with E-state index in [1.165, 1.54) is 27.8 Å². The van der Waals surface area contributed by atoms with Crippen LogP contribution in [0.2, 0.25) is 0 Å². The molecule has 1 aromatic carbocycles. The lowest BCUT2D eigenvalue weighted by Gasteiger charge is -2.25. The fraction of sp³-hybridized carbons (Fsp3) is 0.579. The normalized spacial score (nSPS) is 11.5. The summed E-state index contributed by atoms with van der Waals surface area (Å²) in [6.45, 7) is 18.3. The van der Waals surface area contributed by atoms with E-state index in [2.05, 4.69) is 73.6 Å². The molecule has 0 N–H and O–H groups in total. The number of hydrogen-bond donors (Lipinski definition) is 0. The van der Waals surface area contributed by atoms with E-state index in [-0.39, 0.29) is 0 Å². The van der Waals surface area contributed by atoms with Gasteiger partial charge in [0.25, 0.3) is 0 Å². The minimum absolute atomic E-state index is 0.571. The molecule has 0 nitrogen and oxygen atoms in total. The molecule has 0 aliphatic carbocycles. The largest absolute Gasteiger partial charge is 0.0724 e. The predicted octanol–water partition coefficient (Wildman–Crippen LogP) is 6.38. The second-order valence-electron chi connectivity index (χ2n) is 6.69. The molecule has 0 unspecified atom stereocenters. The van der Waals surface area contributed by atoms with Gasteiger partial charge in [-0.1, -0.05) is 65.3 Å². The quantitative estimate of drug-likeness (QED) is 0.587. The summed E-state index contributed by atoms with van der Waals surface area (Å²) >= 11 is 0. The smallest absolute Gasteiger partial charge is 0.0153 e. The summed E-state index contributed by atoms with van der Waals surface area (Å²) in [6.07, 6.45) is 0. The van der Waals surface area contributed by atoms with Crippen molar-refractivity contribution < 1.29 is 0 Å². The Balaban J connectivity index is 3.67. The lowest BCUT2D eigenvalue weighted by atomic mass is 9.80. The maximum Gasteiger partial charge on any atom is -0.0153 e. The van der Waals surface area contributed by atoms with Crippen LogP contribution < -0.4 is 0 Å². The third kappa shape index (κ3) is 3.49. The van der Waals surface area contributed by atoms with Crippen LogP contribution in [0, 0.1) is 5.92 Å². The first-order valence-corrected chi connectivity index (χ1v) is 7.57. The average Bonchev–Trinajstić information content (AvgIpc) is 2.27. The van der Waals surface area contributed by atoms with Gasteiger partial charge in [0.2, 0.25) is 0 Å². The lowest BCUT2D eigenvalue weighted by Crippen LogP contribution is -2.07. The van der Waals surface area contributed by atoms with Crippen LogP contribution in [0.4, 0.5) is 0 Å². The molecule has 0 fully saturated rings. The molecule has 0 aliphatic rings. The second kappa shape index (κ2) is 6.41. The van der Waals surface area contributed by atoms with Crippen molar-refractivity contribution in [3.63, 3.8) is 0 Å². The fourth-order valence-electron chi connectivity index (χ4n) is 2.98. The van der Waals surface area contributed by atoms with Crippen LogP contribution in [0.25, 0.3) is 5.57 Å². The first-order valence-electron chi connectivity index (χ1n) is 7.57. The molecule has 0 radical (unpaired) electrons. The van der Waals surface area contributed by atoms with Crippen molar-refractivity contribution in [1.29, 1.82) is 0 Å². The maximum atomic E-state index is 2.31. The molecule has 0 aromatic heterocycles. The molecule has 0 bridgehead atoms. The number of benzene rings is 1. The molecule has 0 saturated heterocycles. The van der Waals surface area contributed by atoms with Crippen molar-refractivity contribution >= 4 is 5.57 Å². The van der Waals surface area contributed by atoms with Gasteiger partial charge in [-0.25, -0.2) is 0 Å².